The molecule has 9 nitrogen and oxygen atoms in total. The molecule has 34 heavy (non-hydrogen) atoms. The number of carbonyl (C=O) groups is 1. The smallest absolute Gasteiger partial charge is 0.329 e. The third-order valence-electron chi connectivity index (χ3n) is 6.39. The number of ether oxygens (including phenoxy) is 1. The lowest BCUT2D eigenvalue weighted by molar-refractivity contribution is -0.129. The van der Waals surface area contributed by atoms with Crippen molar-refractivity contribution in [3.63, 3.8) is 0 Å². The van der Waals surface area contributed by atoms with E-state index in [4.69, 9.17) is 21.3 Å². The molecule has 0 unspecified atom stereocenters. The van der Waals surface area contributed by atoms with Gasteiger partial charge in [0, 0.05) is 48.7 Å². The number of imidazole rings is 2. The second kappa shape index (κ2) is 8.41. The van der Waals surface area contributed by atoms with Crippen LogP contribution in [0.2, 0.25) is 5.02 Å². The van der Waals surface area contributed by atoms with Gasteiger partial charge >= 0.3 is 5.69 Å². The summed E-state index contributed by atoms with van der Waals surface area (Å²) >= 11 is 6.21. The maximum Gasteiger partial charge on any atom is 0.329 e. The van der Waals surface area contributed by atoms with Gasteiger partial charge in [0.25, 0.3) is 0 Å². The number of carbonyl (C=O) groups excluding carboxylic acids is 1. The Balaban J connectivity index is 1.43. The van der Waals surface area contributed by atoms with E-state index >= 15 is 0 Å². The van der Waals surface area contributed by atoms with Crippen molar-refractivity contribution in [2.45, 2.75) is 25.4 Å². The molecule has 10 heteroatoms. The van der Waals surface area contributed by atoms with E-state index in [1.165, 1.54) is 0 Å². The van der Waals surface area contributed by atoms with Gasteiger partial charge in [-0.2, -0.15) is 0 Å². The first-order chi connectivity index (χ1) is 16.6. The highest BCUT2D eigenvalue weighted by atomic mass is 35.5. The zero-order valence-corrected chi connectivity index (χ0v) is 19.2. The fourth-order valence-electron chi connectivity index (χ4n) is 4.53. The number of hydrogen-bond donors (Lipinski definition) is 0. The van der Waals surface area contributed by atoms with Gasteiger partial charge in [-0.25, -0.2) is 9.78 Å². The SMILES string of the molecule is O=C(/C=C/c1c(Cn2c(=O)n(C3CC3)c3ccncc32)nc2cc(Cl)ccn12)N1CCOCC1. The molecule has 174 valence electrons. The van der Waals surface area contributed by atoms with Crippen LogP contribution in [0.3, 0.4) is 0 Å². The lowest BCUT2D eigenvalue weighted by atomic mass is 10.2. The Kier molecular flexibility index (Phi) is 5.23. The van der Waals surface area contributed by atoms with Crippen LogP contribution in [0.15, 0.2) is 47.7 Å². The predicted molar refractivity (Wildman–Crippen MR) is 128 cm³/mol. The molecule has 1 amide bonds. The average Bonchev–Trinajstić information content (AvgIpc) is 3.58. The molecule has 5 heterocycles. The first-order valence-corrected chi connectivity index (χ1v) is 11.7. The van der Waals surface area contributed by atoms with Crippen molar-refractivity contribution in [3.05, 3.63) is 69.8 Å². The Bertz CT molecular complexity index is 1490. The Morgan fingerprint density at radius 1 is 1.21 bits per heavy atom. The van der Waals surface area contributed by atoms with E-state index in [2.05, 4.69) is 4.98 Å². The van der Waals surface area contributed by atoms with Crippen LogP contribution in [0.1, 0.15) is 30.3 Å². The lowest BCUT2D eigenvalue weighted by Gasteiger charge is -2.25. The van der Waals surface area contributed by atoms with E-state index in [1.807, 2.05) is 21.2 Å². The third-order valence-corrected chi connectivity index (χ3v) is 6.63. The summed E-state index contributed by atoms with van der Waals surface area (Å²) < 4.78 is 10.8. The number of rotatable bonds is 5. The quantitative estimate of drug-likeness (QED) is 0.412. The predicted octanol–water partition coefficient (Wildman–Crippen LogP) is 2.75. The maximum absolute atomic E-state index is 13.4. The number of aromatic nitrogens is 5. The van der Waals surface area contributed by atoms with Crippen LogP contribution < -0.4 is 5.69 Å². The maximum atomic E-state index is 13.4. The number of hydrogen-bond acceptors (Lipinski definition) is 5. The van der Waals surface area contributed by atoms with Crippen LogP contribution >= 0.6 is 11.6 Å². The summed E-state index contributed by atoms with van der Waals surface area (Å²) in [5.74, 6) is -0.0788. The fourth-order valence-corrected chi connectivity index (χ4v) is 4.69. The number of amides is 1. The highest BCUT2D eigenvalue weighted by molar-refractivity contribution is 6.30. The monoisotopic (exact) mass is 478 g/mol. The van der Waals surface area contributed by atoms with Crippen molar-refractivity contribution < 1.29 is 9.53 Å². The second-order valence-electron chi connectivity index (χ2n) is 8.62. The molecular weight excluding hydrogens is 456 g/mol. The molecule has 2 fully saturated rings. The molecule has 0 N–H and O–H groups in total. The van der Waals surface area contributed by atoms with E-state index in [9.17, 15) is 9.59 Å². The summed E-state index contributed by atoms with van der Waals surface area (Å²) in [5.41, 5.74) is 3.64. The van der Waals surface area contributed by atoms with Crippen LogP contribution in [-0.2, 0) is 16.1 Å². The molecule has 4 aromatic rings. The van der Waals surface area contributed by atoms with Gasteiger partial charge in [0.2, 0.25) is 5.91 Å². The minimum Gasteiger partial charge on any atom is -0.378 e. The molecule has 0 aromatic carbocycles. The Morgan fingerprint density at radius 3 is 2.82 bits per heavy atom. The zero-order chi connectivity index (χ0) is 23.2. The third kappa shape index (κ3) is 3.70. The molecule has 6 rings (SSSR count). The van der Waals surface area contributed by atoms with Gasteiger partial charge in [-0.3, -0.25) is 23.3 Å². The van der Waals surface area contributed by atoms with Crippen LogP contribution in [0.25, 0.3) is 22.8 Å². The number of nitrogens with zero attached hydrogens (tertiary/aromatic N) is 6. The Labute approximate surface area is 199 Å². The van der Waals surface area contributed by atoms with Crippen LogP contribution in [-0.4, -0.2) is 60.6 Å². The van der Waals surface area contributed by atoms with Gasteiger partial charge in [-0.15, -0.1) is 0 Å². The van der Waals surface area contributed by atoms with Gasteiger partial charge in [-0.1, -0.05) is 11.6 Å². The molecule has 4 aromatic heterocycles. The van der Waals surface area contributed by atoms with Gasteiger partial charge in [0.05, 0.1) is 48.4 Å². The van der Waals surface area contributed by atoms with Crippen molar-refractivity contribution in [1.82, 2.24) is 28.4 Å². The molecule has 1 aliphatic heterocycles. The topological polar surface area (TPSA) is 86.7 Å². The highest BCUT2D eigenvalue weighted by Gasteiger charge is 2.29. The van der Waals surface area contributed by atoms with Gasteiger partial charge in [0.1, 0.15) is 5.65 Å². The number of fused-ring (bicyclic) bond motifs is 2. The summed E-state index contributed by atoms with van der Waals surface area (Å²) in [4.78, 5) is 36.9. The minimum atomic E-state index is -0.0788. The van der Waals surface area contributed by atoms with E-state index in [0.29, 0.717) is 42.7 Å². The molecule has 0 bridgehead atoms. The summed E-state index contributed by atoms with van der Waals surface area (Å²) in [6.45, 7) is 2.48. The molecule has 0 radical (unpaired) electrons. The van der Waals surface area contributed by atoms with Crippen molar-refractivity contribution in [2.75, 3.05) is 26.3 Å². The van der Waals surface area contributed by atoms with Crippen LogP contribution in [0, 0.1) is 0 Å². The zero-order valence-electron chi connectivity index (χ0n) is 18.4. The normalized spacial score (nSPS) is 16.8. The highest BCUT2D eigenvalue weighted by Crippen LogP contribution is 2.36. The van der Waals surface area contributed by atoms with Gasteiger partial charge in [0.15, 0.2) is 0 Å². The summed E-state index contributed by atoms with van der Waals surface area (Å²) in [6, 6.07) is 5.67. The van der Waals surface area contributed by atoms with Gasteiger partial charge < -0.3 is 9.64 Å². The van der Waals surface area contributed by atoms with Crippen molar-refractivity contribution in [1.29, 1.82) is 0 Å². The second-order valence-corrected chi connectivity index (χ2v) is 9.06. The lowest BCUT2D eigenvalue weighted by Crippen LogP contribution is -2.39. The number of pyridine rings is 2. The molecule has 1 saturated carbocycles. The van der Waals surface area contributed by atoms with Crippen LogP contribution in [0.5, 0.6) is 0 Å². The van der Waals surface area contributed by atoms with Gasteiger partial charge in [-0.05, 0) is 31.1 Å². The minimum absolute atomic E-state index is 0.0695. The van der Waals surface area contributed by atoms with Crippen molar-refractivity contribution in [2.24, 2.45) is 0 Å². The van der Waals surface area contributed by atoms with E-state index in [0.717, 1.165) is 29.6 Å². The summed E-state index contributed by atoms with van der Waals surface area (Å²) in [5, 5.41) is 0.565. The van der Waals surface area contributed by atoms with Crippen molar-refractivity contribution in [3.8, 4) is 0 Å². The molecular formula is C24H23ClN6O3. The molecule has 2 aliphatic rings. The molecule has 0 atom stereocenters. The molecule has 1 aliphatic carbocycles. The first-order valence-electron chi connectivity index (χ1n) is 11.4. The standard InChI is InChI=1S/C24H23ClN6O3/c25-16-6-8-29-19(3-4-23(32)28-9-11-34-12-10-28)18(27-22(29)13-16)15-30-21-14-26-7-5-20(21)31(24(30)33)17-1-2-17/h3-8,13-14,17H,1-2,9-12,15H2/b4-3+. The van der Waals surface area contributed by atoms with Crippen LogP contribution in [0.4, 0.5) is 0 Å². The number of halogens is 1. The summed E-state index contributed by atoms with van der Waals surface area (Å²) in [7, 11) is 0. The molecule has 0 spiro atoms. The number of morpholine rings is 1. The van der Waals surface area contributed by atoms with E-state index in [-0.39, 0.29) is 24.2 Å². The summed E-state index contributed by atoms with van der Waals surface area (Å²) in [6.07, 6.45) is 10.6. The average molecular weight is 479 g/mol. The van der Waals surface area contributed by atoms with E-state index in [1.54, 1.807) is 46.1 Å². The Hall–Kier alpha value is -3.43. The Morgan fingerprint density at radius 2 is 2.03 bits per heavy atom. The first kappa shape index (κ1) is 21.1. The largest absolute Gasteiger partial charge is 0.378 e. The molecule has 1 saturated heterocycles. The van der Waals surface area contributed by atoms with Crippen molar-refractivity contribution >= 4 is 40.3 Å². The fraction of sp³-hybridized carbons (Fsp3) is 0.333. The van der Waals surface area contributed by atoms with E-state index < -0.39 is 0 Å².